The van der Waals surface area contributed by atoms with E-state index in [-0.39, 0.29) is 17.9 Å². The Kier molecular flexibility index (Phi) is 8.64. The highest BCUT2D eigenvalue weighted by Crippen LogP contribution is 2.39. The number of nitrogens with zero attached hydrogens (tertiary/aromatic N) is 2. The number of rotatable bonds is 9. The Morgan fingerprint density at radius 2 is 1.68 bits per heavy atom. The molecule has 2 aliphatic heterocycles. The van der Waals surface area contributed by atoms with Gasteiger partial charge < -0.3 is 20.5 Å². The lowest BCUT2D eigenvalue weighted by Gasteiger charge is -2.26. The third kappa shape index (κ3) is 6.44. The number of fused-ring (bicyclic) bond motifs is 2. The first-order valence-corrected chi connectivity index (χ1v) is 16.7. The fourth-order valence-electron chi connectivity index (χ4n) is 6.89. The molecule has 0 saturated carbocycles. The molecule has 2 amide bonds. The Morgan fingerprint density at radius 3 is 2.49 bits per heavy atom. The van der Waals surface area contributed by atoms with Crippen molar-refractivity contribution in [1.29, 1.82) is 0 Å². The van der Waals surface area contributed by atoms with Gasteiger partial charge >= 0.3 is 0 Å². The lowest BCUT2D eigenvalue weighted by molar-refractivity contribution is -0.110. The largest absolute Gasteiger partial charge is 0.354 e. The molecule has 7 nitrogen and oxygen atoms in total. The minimum absolute atomic E-state index is 0.112. The number of likely N-dealkylation sites (tertiary alicyclic amines) is 1. The van der Waals surface area contributed by atoms with Crippen molar-refractivity contribution in [2.24, 2.45) is 7.05 Å². The first-order chi connectivity index (χ1) is 23.0. The van der Waals surface area contributed by atoms with Gasteiger partial charge in [-0.3, -0.25) is 14.5 Å². The summed E-state index contributed by atoms with van der Waals surface area (Å²) in [7, 11) is 2.03. The molecular formula is C40H41N5O2. The quantitative estimate of drug-likeness (QED) is 0.146. The van der Waals surface area contributed by atoms with Crippen LogP contribution in [0.5, 0.6) is 0 Å². The van der Waals surface area contributed by atoms with Crippen LogP contribution in [0.1, 0.15) is 71.3 Å². The van der Waals surface area contributed by atoms with E-state index < -0.39 is 0 Å². The smallest absolute Gasteiger partial charge is 0.258 e. The van der Waals surface area contributed by atoms with Crippen LogP contribution in [0, 0.1) is 0 Å². The predicted molar refractivity (Wildman–Crippen MR) is 191 cm³/mol. The van der Waals surface area contributed by atoms with E-state index in [9.17, 15) is 9.59 Å². The lowest BCUT2D eigenvalue weighted by atomic mass is 9.97. The monoisotopic (exact) mass is 623 g/mol. The third-order valence-electron chi connectivity index (χ3n) is 9.42. The van der Waals surface area contributed by atoms with Crippen molar-refractivity contribution in [2.75, 3.05) is 23.7 Å². The zero-order valence-corrected chi connectivity index (χ0v) is 27.1. The molecule has 0 radical (unpaired) electrons. The molecule has 0 spiro atoms. The molecule has 0 aliphatic carbocycles. The van der Waals surface area contributed by atoms with E-state index in [4.69, 9.17) is 0 Å². The van der Waals surface area contributed by atoms with E-state index in [1.807, 2.05) is 61.8 Å². The van der Waals surface area contributed by atoms with Gasteiger partial charge in [0.25, 0.3) is 11.8 Å². The van der Waals surface area contributed by atoms with Gasteiger partial charge in [0.15, 0.2) is 0 Å². The molecule has 0 bridgehead atoms. The first kappa shape index (κ1) is 30.5. The van der Waals surface area contributed by atoms with Crippen molar-refractivity contribution >= 4 is 45.4 Å². The molecule has 47 heavy (non-hydrogen) atoms. The minimum Gasteiger partial charge on any atom is -0.354 e. The number of aryl methyl sites for hydroxylation is 1. The van der Waals surface area contributed by atoms with E-state index in [2.05, 4.69) is 74.8 Å². The number of hydrogen-bond donors (Lipinski definition) is 3. The average Bonchev–Trinajstić information content (AvgIpc) is 3.64. The number of hydrogen-bond acceptors (Lipinski definition) is 4. The van der Waals surface area contributed by atoms with Crippen LogP contribution in [-0.2, 0) is 18.4 Å². The molecule has 1 saturated heterocycles. The standard InChI is InChI=1S/C40H41N5O2/c1-3-34(28-12-6-4-7-13-28)42-39(46)31-15-17-35-33(25-31)37(40(47)43-35)38(30-16-18-36-29(24-30)19-22-44(36)2)41-32-14-10-11-27(23-32)26-45-20-8-5-9-21-45/h4,6-7,10-19,22-25,34,41H,3,5,8-9,20-21,26H2,1-2H3,(H,42,46)(H,43,47)/t34-/m1/s1. The molecule has 1 atom stereocenters. The molecule has 3 heterocycles. The topological polar surface area (TPSA) is 78.4 Å². The van der Waals surface area contributed by atoms with Gasteiger partial charge in [0.05, 0.1) is 17.3 Å². The average molecular weight is 624 g/mol. The number of carbonyl (C=O) groups excluding carboxylic acids is 2. The van der Waals surface area contributed by atoms with Gasteiger partial charge in [0, 0.05) is 53.2 Å². The summed E-state index contributed by atoms with van der Waals surface area (Å²) in [5.74, 6) is -0.374. The van der Waals surface area contributed by atoms with Gasteiger partial charge in [-0.15, -0.1) is 0 Å². The summed E-state index contributed by atoms with van der Waals surface area (Å²) in [4.78, 5) is 29.9. The number of aromatic nitrogens is 1. The number of anilines is 2. The highest BCUT2D eigenvalue weighted by atomic mass is 16.2. The highest BCUT2D eigenvalue weighted by molar-refractivity contribution is 6.37. The third-order valence-corrected chi connectivity index (χ3v) is 9.42. The summed E-state index contributed by atoms with van der Waals surface area (Å²) in [5, 5.41) is 11.0. The van der Waals surface area contributed by atoms with E-state index in [0.717, 1.165) is 53.8 Å². The van der Waals surface area contributed by atoms with Crippen molar-refractivity contribution in [1.82, 2.24) is 14.8 Å². The van der Waals surface area contributed by atoms with E-state index >= 15 is 0 Å². The van der Waals surface area contributed by atoms with E-state index in [0.29, 0.717) is 28.1 Å². The molecular weight excluding hydrogens is 582 g/mol. The maximum atomic E-state index is 13.8. The van der Waals surface area contributed by atoms with Crippen LogP contribution in [-0.4, -0.2) is 34.4 Å². The molecule has 1 fully saturated rings. The Balaban J connectivity index is 1.27. The van der Waals surface area contributed by atoms with Crippen LogP contribution in [0.4, 0.5) is 11.4 Å². The fraction of sp³-hybridized carbons (Fsp3) is 0.250. The van der Waals surface area contributed by atoms with Crippen LogP contribution in [0.3, 0.4) is 0 Å². The maximum Gasteiger partial charge on any atom is 0.258 e. The Labute approximate surface area is 276 Å². The van der Waals surface area contributed by atoms with E-state index in [1.54, 1.807) is 6.07 Å². The van der Waals surface area contributed by atoms with Crippen molar-refractivity contribution in [3.8, 4) is 0 Å². The molecule has 1 aromatic heterocycles. The molecule has 7 rings (SSSR count). The van der Waals surface area contributed by atoms with Crippen LogP contribution in [0.25, 0.3) is 22.2 Å². The fourth-order valence-corrected chi connectivity index (χ4v) is 6.89. The Bertz CT molecular complexity index is 1970. The highest BCUT2D eigenvalue weighted by Gasteiger charge is 2.30. The summed E-state index contributed by atoms with van der Waals surface area (Å²) in [6, 6.07) is 32.2. The SMILES string of the molecule is CC[C@@H](NC(=O)c1ccc2c(c1)C(=C(Nc1cccc(CN3CCCCC3)c1)c1ccc3c(ccn3C)c1)C(=O)N2)c1ccccc1. The second kappa shape index (κ2) is 13.3. The maximum absolute atomic E-state index is 13.8. The molecule has 0 unspecified atom stereocenters. The number of piperidine rings is 1. The second-order valence-electron chi connectivity index (χ2n) is 12.7. The predicted octanol–water partition coefficient (Wildman–Crippen LogP) is 7.98. The zero-order valence-electron chi connectivity index (χ0n) is 27.1. The summed E-state index contributed by atoms with van der Waals surface area (Å²) in [6.45, 7) is 5.22. The van der Waals surface area contributed by atoms with Gasteiger partial charge in [-0.2, -0.15) is 0 Å². The number of carbonyl (C=O) groups is 2. The van der Waals surface area contributed by atoms with Crippen LogP contribution in [0.2, 0.25) is 0 Å². The first-order valence-electron chi connectivity index (χ1n) is 16.7. The molecule has 4 aromatic carbocycles. The molecule has 238 valence electrons. The Hall–Kier alpha value is -5.14. The summed E-state index contributed by atoms with van der Waals surface area (Å²) in [5.41, 5.74) is 8.34. The normalized spacial score (nSPS) is 16.4. The molecule has 5 aromatic rings. The van der Waals surface area contributed by atoms with Crippen molar-refractivity contribution in [3.63, 3.8) is 0 Å². The van der Waals surface area contributed by atoms with Crippen molar-refractivity contribution in [3.05, 3.63) is 131 Å². The molecule has 2 aliphatic rings. The van der Waals surface area contributed by atoms with Crippen LogP contribution < -0.4 is 16.0 Å². The summed E-state index contributed by atoms with van der Waals surface area (Å²) < 4.78 is 2.09. The van der Waals surface area contributed by atoms with Gasteiger partial charge in [-0.1, -0.05) is 61.9 Å². The second-order valence-corrected chi connectivity index (χ2v) is 12.7. The lowest BCUT2D eigenvalue weighted by Crippen LogP contribution is -2.29. The van der Waals surface area contributed by atoms with Crippen molar-refractivity contribution < 1.29 is 9.59 Å². The molecule has 7 heteroatoms. The van der Waals surface area contributed by atoms with Gasteiger partial charge in [0.1, 0.15) is 0 Å². The summed E-state index contributed by atoms with van der Waals surface area (Å²) >= 11 is 0. The van der Waals surface area contributed by atoms with Gasteiger partial charge in [0.2, 0.25) is 0 Å². The van der Waals surface area contributed by atoms with Crippen molar-refractivity contribution in [2.45, 2.75) is 45.2 Å². The number of nitrogens with one attached hydrogen (secondary N) is 3. The van der Waals surface area contributed by atoms with Crippen LogP contribution >= 0.6 is 0 Å². The van der Waals surface area contributed by atoms with Crippen LogP contribution in [0.15, 0.2) is 103 Å². The van der Waals surface area contributed by atoms with Gasteiger partial charge in [-0.05, 0) is 97.6 Å². The Morgan fingerprint density at radius 1 is 0.872 bits per heavy atom. The van der Waals surface area contributed by atoms with E-state index in [1.165, 1.54) is 24.8 Å². The number of benzene rings is 4. The molecule has 3 N–H and O–H groups in total. The minimum atomic E-state index is -0.201. The zero-order chi connectivity index (χ0) is 32.3. The summed E-state index contributed by atoms with van der Waals surface area (Å²) in [6.07, 6.45) is 6.60. The number of amides is 2. The van der Waals surface area contributed by atoms with Gasteiger partial charge in [-0.25, -0.2) is 0 Å².